The third-order valence-corrected chi connectivity index (χ3v) is 5.36. The van der Waals surface area contributed by atoms with Gasteiger partial charge in [0.05, 0.1) is 0 Å². The molecule has 4 nitrogen and oxygen atoms in total. The number of anilines is 2. The second kappa shape index (κ2) is 7.92. The maximum atomic E-state index is 12.9. The molecule has 4 heteroatoms. The largest absolute Gasteiger partial charge is 0.322 e. The Morgan fingerprint density at radius 2 is 1.52 bits per heavy atom. The minimum Gasteiger partial charge on any atom is -0.322 e. The SMILES string of the molecule is CC(C)c1ccc(NC(=O)c2ccc(C(=O)N3CCc4ccccc43)cc2)cc1. The quantitative estimate of drug-likeness (QED) is 0.666. The van der Waals surface area contributed by atoms with Gasteiger partial charge >= 0.3 is 0 Å². The van der Waals surface area contributed by atoms with E-state index in [4.69, 9.17) is 0 Å². The molecule has 0 saturated carbocycles. The lowest BCUT2D eigenvalue weighted by atomic mass is 10.0. The summed E-state index contributed by atoms with van der Waals surface area (Å²) < 4.78 is 0. The molecular weight excluding hydrogens is 360 g/mol. The highest BCUT2D eigenvalue weighted by Crippen LogP contribution is 2.29. The summed E-state index contributed by atoms with van der Waals surface area (Å²) in [6, 6.07) is 22.7. The fourth-order valence-electron chi connectivity index (χ4n) is 3.62. The van der Waals surface area contributed by atoms with E-state index in [-0.39, 0.29) is 11.8 Å². The molecule has 1 aliphatic heterocycles. The van der Waals surface area contributed by atoms with Crippen LogP contribution in [0.15, 0.2) is 72.8 Å². The molecule has 3 aromatic rings. The highest BCUT2D eigenvalue weighted by Gasteiger charge is 2.25. The molecule has 0 fully saturated rings. The fourth-order valence-corrected chi connectivity index (χ4v) is 3.62. The highest BCUT2D eigenvalue weighted by molar-refractivity contribution is 6.09. The van der Waals surface area contributed by atoms with Gasteiger partial charge in [0.1, 0.15) is 0 Å². The molecular formula is C25H24N2O2. The van der Waals surface area contributed by atoms with E-state index in [1.54, 1.807) is 29.2 Å². The number of carbonyl (C=O) groups is 2. The Hall–Kier alpha value is -3.40. The summed E-state index contributed by atoms with van der Waals surface area (Å²) in [6.45, 7) is 4.96. The molecule has 2 amide bonds. The van der Waals surface area contributed by atoms with Crippen LogP contribution in [0.1, 0.15) is 51.6 Å². The van der Waals surface area contributed by atoms with Crippen molar-refractivity contribution < 1.29 is 9.59 Å². The van der Waals surface area contributed by atoms with Gasteiger partial charge in [0, 0.05) is 29.0 Å². The van der Waals surface area contributed by atoms with Gasteiger partial charge in [-0.2, -0.15) is 0 Å². The Bertz CT molecular complexity index is 1040. The Morgan fingerprint density at radius 3 is 2.21 bits per heavy atom. The van der Waals surface area contributed by atoms with Crippen molar-refractivity contribution in [2.45, 2.75) is 26.2 Å². The topological polar surface area (TPSA) is 49.4 Å². The molecule has 4 rings (SSSR count). The van der Waals surface area contributed by atoms with Crippen molar-refractivity contribution in [3.8, 4) is 0 Å². The third kappa shape index (κ3) is 3.92. The zero-order valence-electron chi connectivity index (χ0n) is 16.7. The first kappa shape index (κ1) is 18.9. The van der Waals surface area contributed by atoms with Crippen LogP contribution < -0.4 is 10.2 Å². The number of rotatable bonds is 4. The average molecular weight is 384 g/mol. The first-order valence-corrected chi connectivity index (χ1v) is 9.94. The molecule has 0 atom stereocenters. The van der Waals surface area contributed by atoms with Gasteiger partial charge in [-0.3, -0.25) is 9.59 Å². The van der Waals surface area contributed by atoms with E-state index in [1.165, 1.54) is 11.1 Å². The fraction of sp³-hybridized carbons (Fsp3) is 0.200. The predicted octanol–water partition coefficient (Wildman–Crippen LogP) is 5.27. The summed E-state index contributed by atoms with van der Waals surface area (Å²) in [7, 11) is 0. The lowest BCUT2D eigenvalue weighted by Crippen LogP contribution is -2.28. The Labute approximate surface area is 171 Å². The maximum Gasteiger partial charge on any atom is 0.258 e. The number of fused-ring (bicyclic) bond motifs is 1. The summed E-state index contributed by atoms with van der Waals surface area (Å²) in [5.74, 6) is 0.228. The monoisotopic (exact) mass is 384 g/mol. The van der Waals surface area contributed by atoms with Crippen molar-refractivity contribution in [3.05, 3.63) is 95.1 Å². The van der Waals surface area contributed by atoms with E-state index in [2.05, 4.69) is 25.2 Å². The number of carbonyl (C=O) groups excluding carboxylic acids is 2. The Morgan fingerprint density at radius 1 is 0.862 bits per heavy atom. The van der Waals surface area contributed by atoms with Gasteiger partial charge < -0.3 is 10.2 Å². The van der Waals surface area contributed by atoms with Gasteiger partial charge in [-0.15, -0.1) is 0 Å². The number of nitrogens with one attached hydrogen (secondary N) is 1. The lowest BCUT2D eigenvalue weighted by Gasteiger charge is -2.17. The van der Waals surface area contributed by atoms with Crippen LogP contribution in [0.2, 0.25) is 0 Å². The van der Waals surface area contributed by atoms with Gasteiger partial charge in [0.2, 0.25) is 0 Å². The molecule has 0 aromatic heterocycles. The maximum absolute atomic E-state index is 12.9. The molecule has 1 N–H and O–H groups in total. The Kier molecular flexibility index (Phi) is 5.17. The molecule has 0 aliphatic carbocycles. The number of nitrogens with zero attached hydrogens (tertiary/aromatic N) is 1. The summed E-state index contributed by atoms with van der Waals surface area (Å²) in [5.41, 5.74) is 5.27. The highest BCUT2D eigenvalue weighted by atomic mass is 16.2. The van der Waals surface area contributed by atoms with Crippen LogP contribution >= 0.6 is 0 Å². The molecule has 1 heterocycles. The second-order valence-electron chi connectivity index (χ2n) is 7.64. The van der Waals surface area contributed by atoms with Crippen LogP contribution in [0.25, 0.3) is 0 Å². The minimum absolute atomic E-state index is 0.0359. The van der Waals surface area contributed by atoms with Crippen molar-refractivity contribution in [1.82, 2.24) is 0 Å². The summed E-state index contributed by atoms with van der Waals surface area (Å²) in [4.78, 5) is 27.2. The zero-order chi connectivity index (χ0) is 20.4. The van der Waals surface area contributed by atoms with E-state index >= 15 is 0 Å². The zero-order valence-corrected chi connectivity index (χ0v) is 16.7. The Balaban J connectivity index is 1.45. The van der Waals surface area contributed by atoms with Crippen LogP contribution in [0.5, 0.6) is 0 Å². The molecule has 146 valence electrons. The number of hydrogen-bond acceptors (Lipinski definition) is 2. The molecule has 3 aromatic carbocycles. The van der Waals surface area contributed by atoms with Crippen LogP contribution in [0.4, 0.5) is 11.4 Å². The summed E-state index contributed by atoms with van der Waals surface area (Å²) in [5, 5.41) is 2.91. The van der Waals surface area contributed by atoms with Crippen LogP contribution in [0.3, 0.4) is 0 Å². The van der Waals surface area contributed by atoms with Gasteiger partial charge in [0.25, 0.3) is 11.8 Å². The van der Waals surface area contributed by atoms with E-state index < -0.39 is 0 Å². The van der Waals surface area contributed by atoms with Crippen LogP contribution in [0, 0.1) is 0 Å². The summed E-state index contributed by atoms with van der Waals surface area (Å²) >= 11 is 0. The predicted molar refractivity (Wildman–Crippen MR) is 117 cm³/mol. The van der Waals surface area contributed by atoms with Crippen molar-refractivity contribution in [2.24, 2.45) is 0 Å². The van der Waals surface area contributed by atoms with Gasteiger partial charge in [-0.1, -0.05) is 44.2 Å². The first-order valence-electron chi connectivity index (χ1n) is 9.94. The van der Waals surface area contributed by atoms with Gasteiger partial charge in [-0.05, 0) is 65.9 Å². The van der Waals surface area contributed by atoms with Crippen molar-refractivity contribution in [3.63, 3.8) is 0 Å². The second-order valence-corrected chi connectivity index (χ2v) is 7.64. The van der Waals surface area contributed by atoms with E-state index in [0.717, 1.165) is 17.8 Å². The van der Waals surface area contributed by atoms with Gasteiger partial charge in [0.15, 0.2) is 0 Å². The van der Waals surface area contributed by atoms with Crippen LogP contribution in [-0.4, -0.2) is 18.4 Å². The number of hydrogen-bond donors (Lipinski definition) is 1. The molecule has 0 unspecified atom stereocenters. The van der Waals surface area contributed by atoms with Crippen molar-refractivity contribution in [1.29, 1.82) is 0 Å². The number of benzene rings is 3. The molecule has 29 heavy (non-hydrogen) atoms. The molecule has 1 aliphatic rings. The standard InChI is InChI=1S/C25H24N2O2/c1-17(2)18-11-13-22(14-12-18)26-24(28)20-7-9-21(10-8-20)25(29)27-16-15-19-5-3-4-6-23(19)27/h3-14,17H,15-16H2,1-2H3,(H,26,28). The molecule has 0 saturated heterocycles. The number of para-hydroxylation sites is 1. The smallest absolute Gasteiger partial charge is 0.258 e. The van der Waals surface area contributed by atoms with E-state index in [9.17, 15) is 9.59 Å². The summed E-state index contributed by atoms with van der Waals surface area (Å²) in [6.07, 6.45) is 0.873. The lowest BCUT2D eigenvalue weighted by molar-refractivity contribution is 0.0986. The molecule has 0 radical (unpaired) electrons. The van der Waals surface area contributed by atoms with E-state index in [0.29, 0.717) is 23.6 Å². The normalized spacial score (nSPS) is 12.7. The third-order valence-electron chi connectivity index (χ3n) is 5.36. The van der Waals surface area contributed by atoms with Gasteiger partial charge in [-0.25, -0.2) is 0 Å². The number of amides is 2. The van der Waals surface area contributed by atoms with Crippen LogP contribution in [-0.2, 0) is 6.42 Å². The van der Waals surface area contributed by atoms with E-state index in [1.807, 2.05) is 42.5 Å². The van der Waals surface area contributed by atoms with Crippen molar-refractivity contribution in [2.75, 3.05) is 16.8 Å². The average Bonchev–Trinajstić information content (AvgIpc) is 3.18. The first-order chi connectivity index (χ1) is 14.0. The molecule has 0 bridgehead atoms. The molecule has 0 spiro atoms. The minimum atomic E-state index is -0.187. The van der Waals surface area contributed by atoms with Crippen molar-refractivity contribution >= 4 is 23.2 Å².